The first-order chi connectivity index (χ1) is 12.6. The predicted octanol–water partition coefficient (Wildman–Crippen LogP) is 4.57. The van der Waals surface area contributed by atoms with E-state index in [9.17, 15) is 9.59 Å². The topological polar surface area (TPSA) is 68.3 Å². The smallest absolute Gasteiger partial charge is 0.337 e. The van der Waals surface area contributed by atoms with Gasteiger partial charge in [0.25, 0.3) is 5.91 Å². The number of thiazole rings is 1. The van der Waals surface area contributed by atoms with Crippen LogP contribution in [0.2, 0.25) is 0 Å². The summed E-state index contributed by atoms with van der Waals surface area (Å²) in [5.41, 5.74) is 2.67. The van der Waals surface area contributed by atoms with Gasteiger partial charge in [0.15, 0.2) is 5.13 Å². The van der Waals surface area contributed by atoms with E-state index in [0.717, 1.165) is 16.2 Å². The van der Waals surface area contributed by atoms with E-state index < -0.39 is 0 Å². The molecule has 3 rings (SSSR count). The van der Waals surface area contributed by atoms with Crippen molar-refractivity contribution in [3.05, 3.63) is 65.0 Å². The summed E-state index contributed by atoms with van der Waals surface area (Å²) < 4.78 is 4.69. The van der Waals surface area contributed by atoms with Gasteiger partial charge in [-0.2, -0.15) is 0 Å². The van der Waals surface area contributed by atoms with Gasteiger partial charge in [0.1, 0.15) is 0 Å². The van der Waals surface area contributed by atoms with E-state index in [1.54, 1.807) is 42.1 Å². The minimum absolute atomic E-state index is 0.192. The highest BCUT2D eigenvalue weighted by Crippen LogP contribution is 2.26. The maximum Gasteiger partial charge on any atom is 0.337 e. The van der Waals surface area contributed by atoms with Crippen LogP contribution in [0.4, 0.5) is 5.13 Å². The van der Waals surface area contributed by atoms with Gasteiger partial charge in [-0.25, -0.2) is 9.78 Å². The number of aromatic nitrogens is 1. The van der Waals surface area contributed by atoms with Crippen LogP contribution in [0.25, 0.3) is 11.3 Å². The molecule has 0 spiro atoms. The van der Waals surface area contributed by atoms with E-state index in [-0.39, 0.29) is 11.9 Å². The van der Waals surface area contributed by atoms with Crippen LogP contribution in [-0.2, 0) is 4.74 Å². The third-order valence-corrected chi connectivity index (χ3v) is 5.14. The van der Waals surface area contributed by atoms with Gasteiger partial charge < -0.3 is 4.74 Å². The van der Waals surface area contributed by atoms with Crippen molar-refractivity contribution in [2.45, 2.75) is 4.90 Å². The second-order valence-corrected chi connectivity index (χ2v) is 7.03. The van der Waals surface area contributed by atoms with E-state index >= 15 is 0 Å². The van der Waals surface area contributed by atoms with Gasteiger partial charge in [-0.1, -0.05) is 18.2 Å². The van der Waals surface area contributed by atoms with Crippen LogP contribution >= 0.6 is 23.1 Å². The Kier molecular flexibility index (Phi) is 5.70. The maximum atomic E-state index is 12.4. The van der Waals surface area contributed by atoms with E-state index in [1.165, 1.54) is 18.4 Å². The number of thioether (sulfide) groups is 1. The van der Waals surface area contributed by atoms with Crippen molar-refractivity contribution in [3.8, 4) is 11.3 Å². The summed E-state index contributed by atoms with van der Waals surface area (Å²) in [6.45, 7) is 0. The zero-order valence-electron chi connectivity index (χ0n) is 14.2. The number of rotatable bonds is 5. The molecule has 1 heterocycles. The molecular formula is C19H16N2O3S2. The van der Waals surface area contributed by atoms with Gasteiger partial charge in [-0.15, -0.1) is 23.1 Å². The molecule has 5 nitrogen and oxygen atoms in total. The highest BCUT2D eigenvalue weighted by molar-refractivity contribution is 7.98. The minimum Gasteiger partial charge on any atom is -0.465 e. The molecule has 0 saturated heterocycles. The van der Waals surface area contributed by atoms with Crippen LogP contribution < -0.4 is 5.32 Å². The number of carbonyl (C=O) groups excluding carboxylic acids is 2. The molecule has 132 valence electrons. The van der Waals surface area contributed by atoms with E-state index in [1.807, 2.05) is 29.8 Å². The van der Waals surface area contributed by atoms with Crippen molar-refractivity contribution >= 4 is 40.1 Å². The van der Waals surface area contributed by atoms with Gasteiger partial charge in [0, 0.05) is 21.4 Å². The van der Waals surface area contributed by atoms with E-state index in [0.29, 0.717) is 16.3 Å². The zero-order valence-corrected chi connectivity index (χ0v) is 15.8. The van der Waals surface area contributed by atoms with Crippen LogP contribution in [0.15, 0.2) is 58.8 Å². The molecule has 7 heteroatoms. The standard InChI is InChI=1S/C19H16N2O3S2/c1-24-18(23)13-8-6-12(7-9-13)16-11-26-19(20-16)21-17(22)14-4-3-5-15(10-14)25-2/h3-11H,1-2H3,(H,20,21,22). The number of hydrogen-bond acceptors (Lipinski definition) is 6. The second-order valence-electron chi connectivity index (χ2n) is 5.29. The average molecular weight is 384 g/mol. The summed E-state index contributed by atoms with van der Waals surface area (Å²) >= 11 is 2.94. The maximum absolute atomic E-state index is 12.4. The Morgan fingerprint density at radius 1 is 1.12 bits per heavy atom. The normalized spacial score (nSPS) is 10.4. The predicted molar refractivity (Wildman–Crippen MR) is 105 cm³/mol. The molecule has 0 unspecified atom stereocenters. The number of carbonyl (C=O) groups is 2. The van der Waals surface area contributed by atoms with Crippen LogP contribution in [0.3, 0.4) is 0 Å². The summed E-state index contributed by atoms with van der Waals surface area (Å²) in [4.78, 5) is 29.3. The molecule has 2 aromatic carbocycles. The van der Waals surface area contributed by atoms with Crippen LogP contribution in [-0.4, -0.2) is 30.2 Å². The molecule has 0 aliphatic heterocycles. The first-order valence-corrected chi connectivity index (χ1v) is 9.81. The van der Waals surface area contributed by atoms with Crippen LogP contribution in [0.5, 0.6) is 0 Å². The molecule has 0 fully saturated rings. The zero-order chi connectivity index (χ0) is 18.5. The lowest BCUT2D eigenvalue weighted by molar-refractivity contribution is 0.0600. The lowest BCUT2D eigenvalue weighted by Crippen LogP contribution is -2.11. The Labute approximate surface area is 159 Å². The second kappa shape index (κ2) is 8.16. The molecule has 1 amide bonds. The molecule has 1 aromatic heterocycles. The molecule has 0 radical (unpaired) electrons. The first-order valence-electron chi connectivity index (χ1n) is 7.70. The van der Waals surface area contributed by atoms with Crippen molar-refractivity contribution in [2.75, 3.05) is 18.7 Å². The Balaban J connectivity index is 1.73. The van der Waals surface area contributed by atoms with Crippen molar-refractivity contribution < 1.29 is 14.3 Å². The van der Waals surface area contributed by atoms with Gasteiger partial charge in [0.2, 0.25) is 0 Å². The molecule has 0 bridgehead atoms. The van der Waals surface area contributed by atoms with Crippen molar-refractivity contribution in [2.24, 2.45) is 0 Å². The Morgan fingerprint density at radius 2 is 1.88 bits per heavy atom. The monoisotopic (exact) mass is 384 g/mol. The fraction of sp³-hybridized carbons (Fsp3) is 0.105. The van der Waals surface area contributed by atoms with Gasteiger partial charge >= 0.3 is 5.97 Å². The van der Waals surface area contributed by atoms with Crippen molar-refractivity contribution in [3.63, 3.8) is 0 Å². The molecule has 3 aromatic rings. The van der Waals surface area contributed by atoms with Gasteiger partial charge in [-0.05, 0) is 36.6 Å². The number of nitrogens with zero attached hydrogens (tertiary/aromatic N) is 1. The summed E-state index contributed by atoms with van der Waals surface area (Å²) in [6.07, 6.45) is 1.97. The van der Waals surface area contributed by atoms with Crippen molar-refractivity contribution in [1.82, 2.24) is 4.98 Å². The number of esters is 1. The number of anilines is 1. The molecule has 0 saturated carbocycles. The number of nitrogens with one attached hydrogen (secondary N) is 1. The minimum atomic E-state index is -0.379. The molecule has 0 aliphatic rings. The third kappa shape index (κ3) is 4.12. The Hall–Kier alpha value is -2.64. The molecular weight excluding hydrogens is 368 g/mol. The van der Waals surface area contributed by atoms with E-state index in [4.69, 9.17) is 0 Å². The third-order valence-electron chi connectivity index (χ3n) is 3.66. The van der Waals surface area contributed by atoms with Crippen molar-refractivity contribution in [1.29, 1.82) is 0 Å². The molecule has 0 aliphatic carbocycles. The van der Waals surface area contributed by atoms with Gasteiger partial charge in [-0.3, -0.25) is 10.1 Å². The molecule has 26 heavy (non-hydrogen) atoms. The lowest BCUT2D eigenvalue weighted by atomic mass is 10.1. The highest BCUT2D eigenvalue weighted by atomic mass is 32.2. The fourth-order valence-corrected chi connectivity index (χ4v) is 3.47. The SMILES string of the molecule is COC(=O)c1ccc(-c2csc(NC(=O)c3cccc(SC)c3)n2)cc1. The summed E-state index contributed by atoms with van der Waals surface area (Å²) in [6, 6.07) is 14.4. The average Bonchev–Trinajstić information content (AvgIpc) is 3.16. The highest BCUT2D eigenvalue weighted by Gasteiger charge is 2.11. The number of methoxy groups -OCH3 is 1. The Bertz CT molecular complexity index is 936. The van der Waals surface area contributed by atoms with Crippen LogP contribution in [0.1, 0.15) is 20.7 Å². The first kappa shape index (κ1) is 18.2. The number of ether oxygens (including phenoxy) is 1. The fourth-order valence-electron chi connectivity index (χ4n) is 2.29. The summed E-state index contributed by atoms with van der Waals surface area (Å²) in [5, 5.41) is 5.21. The Morgan fingerprint density at radius 3 is 2.58 bits per heavy atom. The van der Waals surface area contributed by atoms with Gasteiger partial charge in [0.05, 0.1) is 18.4 Å². The van der Waals surface area contributed by atoms with Crippen LogP contribution in [0, 0.1) is 0 Å². The van der Waals surface area contributed by atoms with E-state index in [2.05, 4.69) is 15.0 Å². The number of benzene rings is 2. The molecule has 1 N–H and O–H groups in total. The number of hydrogen-bond donors (Lipinski definition) is 1. The summed E-state index contributed by atoms with van der Waals surface area (Å²) in [7, 11) is 1.35. The summed E-state index contributed by atoms with van der Waals surface area (Å²) in [5.74, 6) is -0.571. The molecule has 0 atom stereocenters. The largest absolute Gasteiger partial charge is 0.465 e. The quantitative estimate of drug-likeness (QED) is 0.515. The number of amides is 1. The lowest BCUT2D eigenvalue weighted by Gasteiger charge is -2.03.